The molecular formula is C15H19ClN4O2. The molecule has 1 atom stereocenters. The molecule has 1 aromatic carbocycles. The van der Waals surface area contributed by atoms with E-state index < -0.39 is 0 Å². The average molecular weight is 323 g/mol. The van der Waals surface area contributed by atoms with Crippen LogP contribution in [-0.4, -0.2) is 33.6 Å². The first-order valence-corrected chi connectivity index (χ1v) is 7.40. The van der Waals surface area contributed by atoms with Gasteiger partial charge in [-0.05, 0) is 31.0 Å². The highest BCUT2D eigenvalue weighted by Crippen LogP contribution is 2.12. The van der Waals surface area contributed by atoms with E-state index >= 15 is 0 Å². The van der Waals surface area contributed by atoms with Gasteiger partial charge in [0, 0.05) is 23.9 Å². The summed E-state index contributed by atoms with van der Waals surface area (Å²) in [6, 6.07) is 7.12. The lowest BCUT2D eigenvalue weighted by molar-refractivity contribution is 0.241. The van der Waals surface area contributed by atoms with Crippen molar-refractivity contribution in [2.45, 2.75) is 25.9 Å². The first-order valence-electron chi connectivity index (χ1n) is 7.02. The second-order valence-electron chi connectivity index (χ2n) is 5.06. The molecule has 0 saturated carbocycles. The van der Waals surface area contributed by atoms with Crippen LogP contribution in [0.4, 0.5) is 10.5 Å². The van der Waals surface area contributed by atoms with E-state index in [9.17, 15) is 4.79 Å². The number of carbonyl (C=O) groups is 1. The molecule has 0 fully saturated rings. The number of anilines is 1. The van der Waals surface area contributed by atoms with Crippen molar-refractivity contribution in [2.75, 3.05) is 11.9 Å². The van der Waals surface area contributed by atoms with Crippen LogP contribution in [0.3, 0.4) is 0 Å². The lowest BCUT2D eigenvalue weighted by Crippen LogP contribution is -2.36. The topological polar surface area (TPSA) is 79.2 Å². The molecule has 3 N–H and O–H groups in total. The molecular weight excluding hydrogens is 304 g/mol. The highest BCUT2D eigenvalue weighted by molar-refractivity contribution is 6.30. The number of amides is 2. The lowest BCUT2D eigenvalue weighted by Gasteiger charge is -2.12. The number of rotatable bonds is 6. The largest absolute Gasteiger partial charge is 0.396 e. The van der Waals surface area contributed by atoms with E-state index in [4.69, 9.17) is 16.7 Å². The van der Waals surface area contributed by atoms with Crippen molar-refractivity contribution in [1.82, 2.24) is 15.1 Å². The summed E-state index contributed by atoms with van der Waals surface area (Å²) < 4.78 is 1.73. The minimum Gasteiger partial charge on any atom is -0.396 e. The van der Waals surface area contributed by atoms with Gasteiger partial charge in [0.05, 0.1) is 18.4 Å². The van der Waals surface area contributed by atoms with Gasteiger partial charge in [0.25, 0.3) is 0 Å². The number of nitrogens with one attached hydrogen (secondary N) is 2. The SMILES string of the molecule is C[C@H](CCO)NC(=O)Nc1cnn(Cc2ccc(Cl)cc2)c1. The number of benzene rings is 1. The summed E-state index contributed by atoms with van der Waals surface area (Å²) in [5.41, 5.74) is 1.68. The van der Waals surface area contributed by atoms with Crippen LogP contribution in [0, 0.1) is 0 Å². The van der Waals surface area contributed by atoms with Crippen LogP contribution in [-0.2, 0) is 6.54 Å². The Balaban J connectivity index is 1.88. The second-order valence-corrected chi connectivity index (χ2v) is 5.50. The van der Waals surface area contributed by atoms with Gasteiger partial charge < -0.3 is 15.7 Å². The van der Waals surface area contributed by atoms with Crippen molar-refractivity contribution in [2.24, 2.45) is 0 Å². The molecule has 0 aliphatic carbocycles. The maximum absolute atomic E-state index is 11.7. The summed E-state index contributed by atoms with van der Waals surface area (Å²) in [5.74, 6) is 0. The Morgan fingerprint density at radius 2 is 2.14 bits per heavy atom. The molecule has 0 aliphatic rings. The molecule has 7 heteroatoms. The molecule has 2 aromatic rings. The molecule has 0 spiro atoms. The first kappa shape index (κ1) is 16.3. The van der Waals surface area contributed by atoms with Crippen molar-refractivity contribution >= 4 is 23.3 Å². The van der Waals surface area contributed by atoms with E-state index in [2.05, 4.69) is 15.7 Å². The molecule has 22 heavy (non-hydrogen) atoms. The average Bonchev–Trinajstić information content (AvgIpc) is 2.88. The van der Waals surface area contributed by atoms with Crippen molar-refractivity contribution in [3.05, 3.63) is 47.2 Å². The summed E-state index contributed by atoms with van der Waals surface area (Å²) in [6.07, 6.45) is 3.86. The summed E-state index contributed by atoms with van der Waals surface area (Å²) >= 11 is 5.85. The van der Waals surface area contributed by atoms with Crippen LogP contribution >= 0.6 is 11.6 Å². The molecule has 0 unspecified atom stereocenters. The molecule has 0 aliphatic heterocycles. The number of aromatic nitrogens is 2. The van der Waals surface area contributed by atoms with Crippen LogP contribution in [0.15, 0.2) is 36.7 Å². The molecule has 118 valence electrons. The van der Waals surface area contributed by atoms with Crippen molar-refractivity contribution < 1.29 is 9.90 Å². The zero-order valence-electron chi connectivity index (χ0n) is 12.3. The van der Waals surface area contributed by atoms with Crippen LogP contribution in [0.25, 0.3) is 0 Å². The number of nitrogens with zero attached hydrogens (tertiary/aromatic N) is 2. The lowest BCUT2D eigenvalue weighted by atomic mass is 10.2. The third-order valence-electron chi connectivity index (χ3n) is 3.09. The van der Waals surface area contributed by atoms with Gasteiger partial charge in [-0.3, -0.25) is 4.68 Å². The number of halogens is 1. The minimum absolute atomic E-state index is 0.0421. The normalized spacial score (nSPS) is 12.0. The Kier molecular flexibility index (Phi) is 5.80. The Morgan fingerprint density at radius 3 is 2.82 bits per heavy atom. The van der Waals surface area contributed by atoms with Crippen LogP contribution in [0.2, 0.25) is 5.02 Å². The number of urea groups is 1. The summed E-state index contributed by atoms with van der Waals surface area (Å²) in [6.45, 7) is 2.47. The third-order valence-corrected chi connectivity index (χ3v) is 3.34. The minimum atomic E-state index is -0.313. The fourth-order valence-electron chi connectivity index (χ4n) is 1.95. The fourth-order valence-corrected chi connectivity index (χ4v) is 2.07. The molecule has 0 bridgehead atoms. The van der Waals surface area contributed by atoms with E-state index in [1.54, 1.807) is 17.1 Å². The Labute approximate surface area is 134 Å². The molecule has 0 radical (unpaired) electrons. The highest BCUT2D eigenvalue weighted by Gasteiger charge is 2.08. The molecule has 1 heterocycles. The van der Waals surface area contributed by atoms with Gasteiger partial charge in [-0.2, -0.15) is 5.10 Å². The highest BCUT2D eigenvalue weighted by atomic mass is 35.5. The first-order chi connectivity index (χ1) is 10.6. The maximum Gasteiger partial charge on any atom is 0.319 e. The van der Waals surface area contributed by atoms with E-state index in [0.717, 1.165) is 5.56 Å². The molecule has 2 amide bonds. The third kappa shape index (κ3) is 5.05. The smallest absolute Gasteiger partial charge is 0.319 e. The van der Waals surface area contributed by atoms with Gasteiger partial charge in [0.1, 0.15) is 0 Å². The van der Waals surface area contributed by atoms with Crippen LogP contribution < -0.4 is 10.6 Å². The monoisotopic (exact) mass is 322 g/mol. The van der Waals surface area contributed by atoms with Crippen LogP contribution in [0.1, 0.15) is 18.9 Å². The number of hydrogen-bond donors (Lipinski definition) is 3. The molecule has 0 saturated heterocycles. The summed E-state index contributed by atoms with van der Waals surface area (Å²) in [7, 11) is 0. The van der Waals surface area contributed by atoms with Gasteiger partial charge in [-0.15, -0.1) is 0 Å². The van der Waals surface area contributed by atoms with E-state index in [-0.39, 0.29) is 18.7 Å². The maximum atomic E-state index is 11.7. The van der Waals surface area contributed by atoms with Gasteiger partial charge in [-0.1, -0.05) is 23.7 Å². The van der Waals surface area contributed by atoms with Crippen molar-refractivity contribution in [3.8, 4) is 0 Å². The van der Waals surface area contributed by atoms with Gasteiger partial charge >= 0.3 is 6.03 Å². The number of hydrogen-bond acceptors (Lipinski definition) is 3. The standard InChI is InChI=1S/C15H19ClN4O2/c1-11(6-7-21)18-15(22)19-14-8-17-20(10-14)9-12-2-4-13(16)5-3-12/h2-5,8,10-11,21H,6-7,9H2,1H3,(H2,18,19,22)/t11-/m1/s1. The van der Waals surface area contributed by atoms with Gasteiger partial charge in [0.2, 0.25) is 0 Å². The van der Waals surface area contributed by atoms with Crippen molar-refractivity contribution in [1.29, 1.82) is 0 Å². The number of aliphatic hydroxyl groups excluding tert-OH is 1. The molecule has 6 nitrogen and oxygen atoms in total. The van der Waals surface area contributed by atoms with E-state index in [1.165, 1.54) is 0 Å². The fraction of sp³-hybridized carbons (Fsp3) is 0.333. The van der Waals surface area contributed by atoms with Crippen LogP contribution in [0.5, 0.6) is 0 Å². The van der Waals surface area contributed by atoms with Gasteiger partial charge in [0.15, 0.2) is 0 Å². The number of carbonyl (C=O) groups excluding carboxylic acids is 1. The summed E-state index contributed by atoms with van der Waals surface area (Å²) in [5, 5.41) is 19.1. The Morgan fingerprint density at radius 1 is 1.41 bits per heavy atom. The quantitative estimate of drug-likeness (QED) is 0.764. The van der Waals surface area contributed by atoms with E-state index in [1.807, 2.05) is 31.2 Å². The van der Waals surface area contributed by atoms with E-state index in [0.29, 0.717) is 23.7 Å². The second kappa shape index (κ2) is 7.82. The zero-order chi connectivity index (χ0) is 15.9. The predicted octanol–water partition coefficient (Wildman–Crippen LogP) is 2.48. The van der Waals surface area contributed by atoms with Crippen molar-refractivity contribution in [3.63, 3.8) is 0 Å². The predicted molar refractivity (Wildman–Crippen MR) is 86.1 cm³/mol. The Hall–Kier alpha value is -2.05. The molecule has 2 rings (SSSR count). The molecule has 1 aromatic heterocycles. The van der Waals surface area contributed by atoms with Gasteiger partial charge in [-0.25, -0.2) is 4.79 Å². The number of aliphatic hydroxyl groups is 1. The zero-order valence-corrected chi connectivity index (χ0v) is 13.0. The summed E-state index contributed by atoms with van der Waals surface area (Å²) in [4.78, 5) is 11.7. The Bertz CT molecular complexity index is 612.